The molecule has 0 heterocycles. The fraction of sp³-hybridized carbons (Fsp3) is 0.741. The lowest BCUT2D eigenvalue weighted by molar-refractivity contribution is -0.0388. The van der Waals surface area contributed by atoms with Gasteiger partial charge in [0.05, 0.1) is 30.5 Å². The first kappa shape index (κ1) is 31.7. The van der Waals surface area contributed by atoms with Crippen LogP contribution in [0.1, 0.15) is 59.3 Å². The van der Waals surface area contributed by atoms with E-state index >= 15 is 0 Å². The second-order valence-corrected chi connectivity index (χ2v) is 8.73. The highest BCUT2D eigenvalue weighted by molar-refractivity contribution is 5.25. The second-order valence-electron chi connectivity index (χ2n) is 8.73. The molecule has 0 fully saturated rings. The van der Waals surface area contributed by atoms with Crippen molar-refractivity contribution in [2.24, 2.45) is 4.99 Å². The molecule has 0 rings (SSSR count). The Morgan fingerprint density at radius 3 is 1.67 bits per heavy atom. The number of ether oxygens (including phenoxy) is 5. The first-order valence-electron chi connectivity index (χ1n) is 11.8. The summed E-state index contributed by atoms with van der Waals surface area (Å²) in [5.41, 5.74) is 2.37. The minimum atomic E-state index is -0.0329. The minimum absolute atomic E-state index is 0.00132. The fourth-order valence-electron chi connectivity index (χ4n) is 3.87. The third-order valence-electron chi connectivity index (χ3n) is 6.16. The summed E-state index contributed by atoms with van der Waals surface area (Å²) in [6.45, 7) is 13.7. The smallest absolute Gasteiger partial charge is 0.0806 e. The Balaban J connectivity index is 5.09. The standard InChI is InChI=1S/C27H49NO5/c1-11-12-23(29-6)16-24(30-7)17-25(31-8)18-26(32-9)19-27(33-10)21(3)15-20(2)13-14-22(4)28-5/h11,13,15,22-27H,1,5,12,14,16-19H2,2-4,6-10H3/b20-13+,21-15+/t22-,23-,24-,25-,26-,27-/m0/s1. The van der Waals surface area contributed by atoms with Gasteiger partial charge in [-0.3, -0.25) is 4.99 Å². The van der Waals surface area contributed by atoms with Crippen molar-refractivity contribution >= 4 is 6.72 Å². The molecule has 0 aliphatic carbocycles. The van der Waals surface area contributed by atoms with E-state index < -0.39 is 0 Å². The van der Waals surface area contributed by atoms with Crippen molar-refractivity contribution in [3.05, 3.63) is 36.0 Å². The van der Waals surface area contributed by atoms with Crippen LogP contribution in [0.25, 0.3) is 0 Å². The topological polar surface area (TPSA) is 58.5 Å². The highest BCUT2D eigenvalue weighted by Crippen LogP contribution is 2.23. The van der Waals surface area contributed by atoms with Crippen LogP contribution in [0.15, 0.2) is 40.9 Å². The monoisotopic (exact) mass is 467 g/mol. The number of nitrogens with zero attached hydrogens (tertiary/aromatic N) is 1. The quantitative estimate of drug-likeness (QED) is 0.133. The summed E-state index contributed by atoms with van der Waals surface area (Å²) < 4.78 is 28.7. The lowest BCUT2D eigenvalue weighted by Crippen LogP contribution is -2.31. The van der Waals surface area contributed by atoms with Crippen molar-refractivity contribution in [2.75, 3.05) is 35.5 Å². The van der Waals surface area contributed by atoms with Crippen LogP contribution in [0, 0.1) is 0 Å². The molecule has 6 nitrogen and oxygen atoms in total. The van der Waals surface area contributed by atoms with Gasteiger partial charge in [-0.2, -0.15) is 0 Å². The number of allylic oxidation sites excluding steroid dienone is 2. The molecule has 33 heavy (non-hydrogen) atoms. The Bertz CT molecular complexity index is 589. The van der Waals surface area contributed by atoms with E-state index in [-0.39, 0.29) is 36.6 Å². The molecule has 0 bridgehead atoms. The zero-order valence-electron chi connectivity index (χ0n) is 22.3. The molecule has 0 spiro atoms. The molecule has 0 N–H and O–H groups in total. The van der Waals surface area contributed by atoms with Gasteiger partial charge in [0.15, 0.2) is 0 Å². The molecule has 0 aromatic rings. The molecule has 0 saturated heterocycles. The zero-order chi connectivity index (χ0) is 25.2. The lowest BCUT2D eigenvalue weighted by Gasteiger charge is -2.28. The van der Waals surface area contributed by atoms with E-state index in [1.807, 2.05) is 6.08 Å². The predicted octanol–water partition coefficient (Wildman–Crippen LogP) is 5.57. The normalized spacial score (nSPS) is 18.3. The van der Waals surface area contributed by atoms with Crippen molar-refractivity contribution in [1.82, 2.24) is 0 Å². The average Bonchev–Trinajstić information content (AvgIpc) is 2.82. The molecule has 0 aromatic carbocycles. The molecule has 0 aliphatic rings. The van der Waals surface area contributed by atoms with Crippen molar-refractivity contribution in [1.29, 1.82) is 0 Å². The van der Waals surface area contributed by atoms with Crippen LogP contribution in [0.3, 0.4) is 0 Å². The Morgan fingerprint density at radius 2 is 1.24 bits per heavy atom. The van der Waals surface area contributed by atoms with Crippen LogP contribution in [0.2, 0.25) is 0 Å². The SMILES string of the molecule is C=CC[C@@H](C[C@@H](C[C@@H](C[C@@H](C[C@H](OC)/C(C)=C/C(C)=C/C[C@H](C)N=C)OC)OC)OC)OC. The van der Waals surface area contributed by atoms with Gasteiger partial charge in [0.25, 0.3) is 0 Å². The summed E-state index contributed by atoms with van der Waals surface area (Å²) >= 11 is 0. The van der Waals surface area contributed by atoms with Crippen LogP contribution in [-0.2, 0) is 23.7 Å². The van der Waals surface area contributed by atoms with Crippen molar-refractivity contribution in [3.8, 4) is 0 Å². The van der Waals surface area contributed by atoms with Crippen LogP contribution in [-0.4, -0.2) is 78.8 Å². The average molecular weight is 468 g/mol. The summed E-state index contributed by atoms with van der Waals surface area (Å²) in [5.74, 6) is 0. The number of rotatable bonds is 20. The number of hydrogen-bond acceptors (Lipinski definition) is 6. The van der Waals surface area contributed by atoms with Gasteiger partial charge in [0, 0.05) is 54.4 Å². The number of aliphatic imine (C=N–C) groups is 1. The van der Waals surface area contributed by atoms with Gasteiger partial charge in [-0.05, 0) is 58.7 Å². The third kappa shape index (κ3) is 13.9. The Hall–Kier alpha value is -1.31. The minimum Gasteiger partial charge on any atom is -0.381 e. The molecule has 0 saturated carbocycles. The molecule has 0 radical (unpaired) electrons. The summed E-state index contributed by atoms with van der Waals surface area (Å²) in [6, 6.07) is 0.225. The van der Waals surface area contributed by atoms with Crippen molar-refractivity contribution in [2.45, 2.75) is 95.9 Å². The van der Waals surface area contributed by atoms with Crippen LogP contribution >= 0.6 is 0 Å². The van der Waals surface area contributed by atoms with Crippen LogP contribution in [0.4, 0.5) is 0 Å². The van der Waals surface area contributed by atoms with Crippen molar-refractivity contribution < 1.29 is 23.7 Å². The van der Waals surface area contributed by atoms with E-state index in [2.05, 4.69) is 51.2 Å². The van der Waals surface area contributed by atoms with E-state index in [9.17, 15) is 0 Å². The largest absolute Gasteiger partial charge is 0.381 e. The Morgan fingerprint density at radius 1 is 0.758 bits per heavy atom. The van der Waals surface area contributed by atoms with Gasteiger partial charge in [-0.25, -0.2) is 0 Å². The molecule has 192 valence electrons. The van der Waals surface area contributed by atoms with Gasteiger partial charge in [0.1, 0.15) is 0 Å². The van der Waals surface area contributed by atoms with Gasteiger partial charge in [-0.15, -0.1) is 6.58 Å². The second kappa shape index (κ2) is 19.0. The summed E-state index contributed by atoms with van der Waals surface area (Å²) in [6.07, 6.45) is 11.1. The van der Waals surface area contributed by atoms with Crippen LogP contribution in [0.5, 0.6) is 0 Å². The van der Waals surface area contributed by atoms with E-state index in [1.165, 1.54) is 11.1 Å². The maximum atomic E-state index is 5.82. The third-order valence-corrected chi connectivity index (χ3v) is 6.16. The van der Waals surface area contributed by atoms with E-state index in [0.717, 1.165) is 38.5 Å². The van der Waals surface area contributed by atoms with E-state index in [4.69, 9.17) is 23.7 Å². The predicted molar refractivity (Wildman–Crippen MR) is 138 cm³/mol. The first-order valence-corrected chi connectivity index (χ1v) is 11.8. The molecule has 0 aliphatic heterocycles. The van der Waals surface area contributed by atoms with Crippen LogP contribution < -0.4 is 0 Å². The molecule has 0 unspecified atom stereocenters. The Kier molecular flexibility index (Phi) is 18.3. The van der Waals surface area contributed by atoms with Gasteiger partial charge >= 0.3 is 0 Å². The summed E-state index contributed by atoms with van der Waals surface area (Å²) in [7, 11) is 8.70. The first-order chi connectivity index (χ1) is 15.8. The van der Waals surface area contributed by atoms with Gasteiger partial charge < -0.3 is 23.7 Å². The number of methoxy groups -OCH3 is 5. The van der Waals surface area contributed by atoms with E-state index in [0.29, 0.717) is 0 Å². The molecule has 0 amide bonds. The summed E-state index contributed by atoms with van der Waals surface area (Å²) in [4.78, 5) is 4.04. The highest BCUT2D eigenvalue weighted by Gasteiger charge is 2.25. The molecular formula is C27H49NO5. The Labute approximate surface area is 203 Å². The molecule has 6 atom stereocenters. The van der Waals surface area contributed by atoms with Gasteiger partial charge in [0.2, 0.25) is 0 Å². The maximum Gasteiger partial charge on any atom is 0.0806 e. The highest BCUT2D eigenvalue weighted by atomic mass is 16.5. The van der Waals surface area contributed by atoms with Gasteiger partial charge in [-0.1, -0.05) is 23.8 Å². The zero-order valence-corrected chi connectivity index (χ0v) is 22.3. The number of hydrogen-bond donors (Lipinski definition) is 0. The molecule has 6 heteroatoms. The van der Waals surface area contributed by atoms with E-state index in [1.54, 1.807) is 35.5 Å². The maximum absolute atomic E-state index is 5.82. The molecular weight excluding hydrogens is 418 g/mol. The van der Waals surface area contributed by atoms with Crippen molar-refractivity contribution in [3.63, 3.8) is 0 Å². The fourth-order valence-corrected chi connectivity index (χ4v) is 3.87. The lowest BCUT2D eigenvalue weighted by atomic mass is 9.95. The summed E-state index contributed by atoms with van der Waals surface area (Å²) in [5, 5.41) is 0. The molecule has 0 aromatic heterocycles.